The number of nitrogens with zero attached hydrogens (tertiary/aromatic N) is 1. The van der Waals surface area contributed by atoms with E-state index >= 15 is 0 Å². The second kappa shape index (κ2) is 5.74. The van der Waals surface area contributed by atoms with Gasteiger partial charge < -0.3 is 10.6 Å². The van der Waals surface area contributed by atoms with E-state index in [-0.39, 0.29) is 11.5 Å². The molecule has 2 aromatic rings. The normalized spacial score (nSPS) is 10.5. The number of benzene rings is 2. The van der Waals surface area contributed by atoms with Crippen LogP contribution in [0.5, 0.6) is 0 Å². The number of hydrogen-bond donors (Lipinski definition) is 1. The maximum atomic E-state index is 13.4. The minimum absolute atomic E-state index is 0.185. The highest BCUT2D eigenvalue weighted by molar-refractivity contribution is 5.54. The maximum Gasteiger partial charge on any atom is 0.148 e. The second-order valence-corrected chi connectivity index (χ2v) is 4.73. The third-order valence-corrected chi connectivity index (χ3v) is 3.28. The molecule has 2 N–H and O–H groups in total. The Balaban J connectivity index is 2.10. The Kier molecular flexibility index (Phi) is 4.05. The predicted molar refractivity (Wildman–Crippen MR) is 78.7 cm³/mol. The van der Waals surface area contributed by atoms with Gasteiger partial charge in [-0.05, 0) is 35.7 Å². The first-order valence-electron chi connectivity index (χ1n) is 6.44. The summed E-state index contributed by atoms with van der Waals surface area (Å²) in [6.45, 7) is 2.88. The lowest BCUT2D eigenvalue weighted by Gasteiger charge is -2.20. The lowest BCUT2D eigenvalue weighted by molar-refractivity contribution is 0.632. The fourth-order valence-corrected chi connectivity index (χ4v) is 2.00. The highest BCUT2D eigenvalue weighted by Crippen LogP contribution is 2.20. The van der Waals surface area contributed by atoms with Gasteiger partial charge in [-0.3, -0.25) is 0 Å². The average molecular weight is 258 g/mol. The van der Waals surface area contributed by atoms with E-state index in [9.17, 15) is 4.39 Å². The molecule has 2 nitrogen and oxygen atoms in total. The average Bonchev–Trinajstić information content (AvgIpc) is 2.42. The number of hydrogen-bond acceptors (Lipinski definition) is 2. The summed E-state index contributed by atoms with van der Waals surface area (Å²) in [6.07, 6.45) is 1.04. The summed E-state index contributed by atoms with van der Waals surface area (Å²) in [5, 5.41) is 0. The van der Waals surface area contributed by atoms with Crippen molar-refractivity contribution in [2.75, 3.05) is 17.7 Å². The quantitative estimate of drug-likeness (QED) is 0.849. The lowest BCUT2D eigenvalue weighted by atomic mass is 10.1. The molecule has 2 rings (SSSR count). The molecule has 0 atom stereocenters. The van der Waals surface area contributed by atoms with Gasteiger partial charge >= 0.3 is 0 Å². The molecule has 0 radical (unpaired) electrons. The van der Waals surface area contributed by atoms with Crippen LogP contribution in [0, 0.1) is 5.82 Å². The molecule has 0 aromatic heterocycles. The number of nitrogens with two attached hydrogens (primary N) is 1. The highest BCUT2D eigenvalue weighted by atomic mass is 19.1. The van der Waals surface area contributed by atoms with Crippen molar-refractivity contribution < 1.29 is 4.39 Å². The van der Waals surface area contributed by atoms with Gasteiger partial charge in [0.1, 0.15) is 5.82 Å². The molecule has 0 unspecified atom stereocenters. The zero-order valence-electron chi connectivity index (χ0n) is 11.4. The van der Waals surface area contributed by atoms with Crippen LogP contribution in [-0.2, 0) is 13.0 Å². The highest BCUT2D eigenvalue weighted by Gasteiger charge is 2.05. The molecule has 0 fully saturated rings. The van der Waals surface area contributed by atoms with Gasteiger partial charge in [0.2, 0.25) is 0 Å². The molecule has 3 heteroatoms. The van der Waals surface area contributed by atoms with E-state index in [1.165, 1.54) is 17.2 Å². The van der Waals surface area contributed by atoms with E-state index in [0.29, 0.717) is 0 Å². The van der Waals surface area contributed by atoms with Crippen LogP contribution in [0.2, 0.25) is 0 Å². The van der Waals surface area contributed by atoms with Crippen molar-refractivity contribution in [1.29, 1.82) is 0 Å². The minimum Gasteiger partial charge on any atom is -0.396 e. The number of anilines is 2. The van der Waals surface area contributed by atoms with Gasteiger partial charge in [-0.25, -0.2) is 4.39 Å². The van der Waals surface area contributed by atoms with Crippen molar-refractivity contribution in [2.24, 2.45) is 0 Å². The predicted octanol–water partition coefficient (Wildman–Crippen LogP) is 3.61. The van der Waals surface area contributed by atoms with E-state index in [0.717, 1.165) is 18.7 Å². The molecule has 0 aliphatic rings. The van der Waals surface area contributed by atoms with Gasteiger partial charge in [0, 0.05) is 19.3 Å². The molecular weight excluding hydrogens is 239 g/mol. The topological polar surface area (TPSA) is 29.3 Å². The molecule has 0 saturated heterocycles. The standard InChI is InChI=1S/C16H19FN2/c1-3-12-4-6-13(7-5-12)11-19(2)14-8-9-16(18)15(17)10-14/h4-10H,3,11,18H2,1-2H3. The van der Waals surface area contributed by atoms with Crippen molar-refractivity contribution >= 4 is 11.4 Å². The van der Waals surface area contributed by atoms with Crippen LogP contribution in [0.3, 0.4) is 0 Å². The number of aryl methyl sites for hydroxylation is 1. The van der Waals surface area contributed by atoms with Gasteiger partial charge in [0.15, 0.2) is 0 Å². The van der Waals surface area contributed by atoms with E-state index in [2.05, 4.69) is 31.2 Å². The van der Waals surface area contributed by atoms with Crippen LogP contribution in [0.15, 0.2) is 42.5 Å². The molecule has 0 aliphatic carbocycles. The summed E-state index contributed by atoms with van der Waals surface area (Å²) < 4.78 is 13.4. The van der Waals surface area contributed by atoms with Crippen LogP contribution in [-0.4, -0.2) is 7.05 Å². The van der Waals surface area contributed by atoms with Gasteiger partial charge in [0.05, 0.1) is 5.69 Å². The summed E-state index contributed by atoms with van der Waals surface area (Å²) in [7, 11) is 1.94. The van der Waals surface area contributed by atoms with Crippen molar-refractivity contribution in [3.8, 4) is 0 Å². The summed E-state index contributed by atoms with van der Waals surface area (Å²) >= 11 is 0. The smallest absolute Gasteiger partial charge is 0.148 e. The van der Waals surface area contributed by atoms with Crippen molar-refractivity contribution in [3.63, 3.8) is 0 Å². The van der Waals surface area contributed by atoms with Gasteiger partial charge in [-0.15, -0.1) is 0 Å². The molecule has 0 amide bonds. The first kappa shape index (κ1) is 13.4. The Morgan fingerprint density at radius 3 is 2.26 bits per heavy atom. The zero-order chi connectivity index (χ0) is 13.8. The largest absolute Gasteiger partial charge is 0.396 e. The molecule has 0 aliphatic heterocycles. The summed E-state index contributed by atoms with van der Waals surface area (Å²) in [5.74, 6) is -0.370. The first-order chi connectivity index (χ1) is 9.10. The van der Waals surface area contributed by atoms with Gasteiger partial charge in [0.25, 0.3) is 0 Å². The van der Waals surface area contributed by atoms with Crippen LogP contribution in [0.25, 0.3) is 0 Å². The SMILES string of the molecule is CCc1ccc(CN(C)c2ccc(N)c(F)c2)cc1. The van der Waals surface area contributed by atoms with Gasteiger partial charge in [-0.2, -0.15) is 0 Å². The molecule has 0 heterocycles. The third kappa shape index (κ3) is 3.25. The summed E-state index contributed by atoms with van der Waals surface area (Å²) in [6, 6.07) is 13.4. The van der Waals surface area contributed by atoms with Crippen LogP contribution in [0.4, 0.5) is 15.8 Å². The van der Waals surface area contributed by atoms with E-state index in [4.69, 9.17) is 5.73 Å². The fraction of sp³-hybridized carbons (Fsp3) is 0.250. The summed E-state index contributed by atoms with van der Waals surface area (Å²) in [5.41, 5.74) is 9.02. The molecular formula is C16H19FN2. The van der Waals surface area contributed by atoms with Crippen molar-refractivity contribution in [3.05, 3.63) is 59.4 Å². The lowest BCUT2D eigenvalue weighted by Crippen LogP contribution is -2.16. The number of rotatable bonds is 4. The fourth-order valence-electron chi connectivity index (χ4n) is 2.00. The third-order valence-electron chi connectivity index (χ3n) is 3.28. The van der Waals surface area contributed by atoms with Crippen molar-refractivity contribution in [1.82, 2.24) is 0 Å². The zero-order valence-corrected chi connectivity index (χ0v) is 11.4. The second-order valence-electron chi connectivity index (χ2n) is 4.73. The molecule has 0 bridgehead atoms. The Morgan fingerprint density at radius 1 is 1.05 bits per heavy atom. The van der Waals surface area contributed by atoms with Crippen molar-refractivity contribution in [2.45, 2.75) is 19.9 Å². The Morgan fingerprint density at radius 2 is 1.68 bits per heavy atom. The molecule has 0 spiro atoms. The Labute approximate surface area is 113 Å². The van der Waals surface area contributed by atoms with Crippen LogP contribution >= 0.6 is 0 Å². The summed E-state index contributed by atoms with van der Waals surface area (Å²) in [4.78, 5) is 2.00. The first-order valence-corrected chi connectivity index (χ1v) is 6.44. The monoisotopic (exact) mass is 258 g/mol. The van der Waals surface area contributed by atoms with E-state index in [1.807, 2.05) is 18.0 Å². The minimum atomic E-state index is -0.370. The molecule has 2 aromatic carbocycles. The maximum absolute atomic E-state index is 13.4. The molecule has 0 saturated carbocycles. The molecule has 100 valence electrons. The number of halogens is 1. The molecule has 19 heavy (non-hydrogen) atoms. The Bertz CT molecular complexity index is 549. The van der Waals surface area contributed by atoms with Crippen LogP contribution in [0.1, 0.15) is 18.1 Å². The number of nitrogen functional groups attached to an aromatic ring is 1. The van der Waals surface area contributed by atoms with E-state index < -0.39 is 0 Å². The van der Waals surface area contributed by atoms with Gasteiger partial charge in [-0.1, -0.05) is 31.2 Å². The van der Waals surface area contributed by atoms with E-state index in [1.54, 1.807) is 6.07 Å². The Hall–Kier alpha value is -2.03. The van der Waals surface area contributed by atoms with Crippen LogP contribution < -0.4 is 10.6 Å².